The van der Waals surface area contributed by atoms with Crippen LogP contribution in [-0.2, 0) is 0 Å². The van der Waals surface area contributed by atoms with Crippen LogP contribution in [0.15, 0.2) is 84.9 Å². The number of para-hydroxylation sites is 1. The number of hydrogen-bond donors (Lipinski definition) is 1. The molecule has 0 unspecified atom stereocenters. The van der Waals surface area contributed by atoms with Gasteiger partial charge in [-0.25, -0.2) is 0 Å². The molecule has 6 aromatic rings. The Hall–Kier alpha value is -3.28. The highest BCUT2D eigenvalue weighted by atomic mass is 32.1. The fourth-order valence-electron chi connectivity index (χ4n) is 4.25. The number of fused-ring (bicyclic) bond motifs is 7. The Morgan fingerprint density at radius 3 is 2.41 bits per heavy atom. The van der Waals surface area contributed by atoms with Gasteiger partial charge in [-0.3, -0.25) is 0 Å². The van der Waals surface area contributed by atoms with Crippen LogP contribution in [0.5, 0.6) is 5.75 Å². The van der Waals surface area contributed by atoms with Crippen LogP contribution in [0, 0.1) is 0 Å². The van der Waals surface area contributed by atoms with Gasteiger partial charge in [0.25, 0.3) is 0 Å². The number of benzene rings is 4. The minimum atomic E-state index is 0.616. The SMILES string of the molecule is O[B]Oc1ccc2c(c1)c1c3sc4ccccc4c3ccc1n2-c1ccccc1. The van der Waals surface area contributed by atoms with E-state index < -0.39 is 0 Å². The van der Waals surface area contributed by atoms with Crippen molar-refractivity contribution in [1.29, 1.82) is 0 Å². The lowest BCUT2D eigenvalue weighted by Gasteiger charge is -2.08. The summed E-state index contributed by atoms with van der Waals surface area (Å²) in [5.74, 6) is 0.616. The molecule has 0 amide bonds. The average molecular weight is 392 g/mol. The van der Waals surface area contributed by atoms with Crippen LogP contribution in [0.3, 0.4) is 0 Å². The van der Waals surface area contributed by atoms with Gasteiger partial charge in [-0.15, -0.1) is 11.3 Å². The lowest BCUT2D eigenvalue weighted by Crippen LogP contribution is -1.99. The van der Waals surface area contributed by atoms with Crippen molar-refractivity contribution >= 4 is 61.0 Å². The third-order valence-corrected chi connectivity index (χ3v) is 6.65. The van der Waals surface area contributed by atoms with Crippen LogP contribution in [0.2, 0.25) is 0 Å². The molecule has 0 atom stereocenters. The minimum absolute atomic E-state index is 0.616. The maximum absolute atomic E-state index is 9.10. The third kappa shape index (κ3) is 2.41. The topological polar surface area (TPSA) is 34.4 Å². The molecule has 0 spiro atoms. The largest absolute Gasteiger partial charge is 0.569 e. The Kier molecular flexibility index (Phi) is 3.66. The number of hydrogen-bond acceptors (Lipinski definition) is 3. The van der Waals surface area contributed by atoms with E-state index in [-0.39, 0.29) is 0 Å². The summed E-state index contributed by atoms with van der Waals surface area (Å²) in [7, 11) is 0.729. The molecule has 2 heterocycles. The molecule has 1 N–H and O–H groups in total. The Morgan fingerprint density at radius 2 is 1.55 bits per heavy atom. The highest BCUT2D eigenvalue weighted by Gasteiger charge is 2.17. The lowest BCUT2D eigenvalue weighted by atomic mass is 10.1. The summed E-state index contributed by atoms with van der Waals surface area (Å²) in [5.41, 5.74) is 3.40. The van der Waals surface area contributed by atoms with Crippen molar-refractivity contribution in [2.24, 2.45) is 0 Å². The molecule has 0 bridgehead atoms. The highest BCUT2D eigenvalue weighted by Crippen LogP contribution is 2.43. The van der Waals surface area contributed by atoms with Crippen LogP contribution in [0.25, 0.3) is 47.7 Å². The molecule has 0 saturated heterocycles. The summed E-state index contributed by atoms with van der Waals surface area (Å²) in [4.78, 5) is 0. The quantitative estimate of drug-likeness (QED) is 0.372. The Morgan fingerprint density at radius 1 is 0.759 bits per heavy atom. The van der Waals surface area contributed by atoms with Crippen molar-refractivity contribution in [2.75, 3.05) is 0 Å². The Labute approximate surface area is 171 Å². The number of rotatable bonds is 3. The minimum Gasteiger partial charge on any atom is -0.537 e. The summed E-state index contributed by atoms with van der Waals surface area (Å²) in [6.45, 7) is 0. The first kappa shape index (κ1) is 16.7. The van der Waals surface area contributed by atoms with E-state index in [0.717, 1.165) is 29.8 Å². The van der Waals surface area contributed by atoms with Crippen LogP contribution in [0.4, 0.5) is 0 Å². The molecule has 4 aromatic carbocycles. The molecule has 6 rings (SSSR count). The summed E-state index contributed by atoms with van der Waals surface area (Å²) >= 11 is 1.82. The van der Waals surface area contributed by atoms with E-state index in [1.165, 1.54) is 25.6 Å². The van der Waals surface area contributed by atoms with Crippen LogP contribution >= 0.6 is 11.3 Å². The van der Waals surface area contributed by atoms with Crippen LogP contribution < -0.4 is 4.65 Å². The maximum atomic E-state index is 9.10. The Balaban J connectivity index is 1.83. The molecule has 137 valence electrons. The normalized spacial score (nSPS) is 11.6. The number of thiophene rings is 1. The van der Waals surface area contributed by atoms with E-state index in [2.05, 4.69) is 71.3 Å². The standard InChI is InChI=1S/C24H15BNO2S/c27-25-28-16-10-12-20-19(14-16)23-21(26(20)15-6-2-1-3-7-15)13-11-18-17-8-4-5-9-22(17)29-24(18)23/h1-14,27H. The monoisotopic (exact) mass is 392 g/mol. The highest BCUT2D eigenvalue weighted by molar-refractivity contribution is 7.26. The molecule has 0 aliphatic rings. The zero-order valence-electron chi connectivity index (χ0n) is 15.4. The van der Waals surface area contributed by atoms with E-state index in [1.807, 2.05) is 29.5 Å². The van der Waals surface area contributed by atoms with Gasteiger partial charge in [-0.1, -0.05) is 42.5 Å². The summed E-state index contributed by atoms with van der Waals surface area (Å²) in [5, 5.41) is 14.0. The molecule has 1 radical (unpaired) electrons. The van der Waals surface area contributed by atoms with Gasteiger partial charge < -0.3 is 14.2 Å². The molecule has 3 nitrogen and oxygen atoms in total. The van der Waals surface area contributed by atoms with E-state index in [4.69, 9.17) is 9.68 Å². The maximum Gasteiger partial charge on any atom is 0.569 e. The number of nitrogens with zero attached hydrogens (tertiary/aromatic N) is 1. The molecule has 0 aliphatic heterocycles. The first-order valence-corrected chi connectivity index (χ1v) is 10.2. The van der Waals surface area contributed by atoms with Gasteiger partial charge in [0.1, 0.15) is 5.75 Å². The second-order valence-corrected chi connectivity index (χ2v) is 8.06. The second-order valence-electron chi connectivity index (χ2n) is 7.01. The smallest absolute Gasteiger partial charge is 0.537 e. The first-order valence-electron chi connectivity index (χ1n) is 9.41. The van der Waals surface area contributed by atoms with E-state index in [9.17, 15) is 0 Å². The van der Waals surface area contributed by atoms with Crippen molar-refractivity contribution < 1.29 is 9.68 Å². The zero-order valence-corrected chi connectivity index (χ0v) is 16.2. The first-order chi connectivity index (χ1) is 14.3. The molecular weight excluding hydrogens is 377 g/mol. The molecule has 29 heavy (non-hydrogen) atoms. The number of aromatic nitrogens is 1. The van der Waals surface area contributed by atoms with Gasteiger partial charge in [0.15, 0.2) is 0 Å². The summed E-state index contributed by atoms with van der Waals surface area (Å²) in [6, 6.07) is 29.3. The van der Waals surface area contributed by atoms with Crippen LogP contribution in [0.1, 0.15) is 0 Å². The van der Waals surface area contributed by atoms with Gasteiger partial charge in [-0.2, -0.15) is 0 Å². The van der Waals surface area contributed by atoms with Gasteiger partial charge in [0.2, 0.25) is 0 Å². The predicted molar refractivity (Wildman–Crippen MR) is 122 cm³/mol. The van der Waals surface area contributed by atoms with E-state index in [1.54, 1.807) is 0 Å². The molecule has 0 fully saturated rings. The molecule has 5 heteroatoms. The van der Waals surface area contributed by atoms with Crippen LogP contribution in [-0.4, -0.2) is 17.3 Å². The van der Waals surface area contributed by atoms with Crippen molar-refractivity contribution in [3.8, 4) is 11.4 Å². The molecular formula is C24H15BNO2S. The lowest BCUT2D eigenvalue weighted by molar-refractivity contribution is 0.454. The molecule has 0 aliphatic carbocycles. The van der Waals surface area contributed by atoms with Gasteiger partial charge >= 0.3 is 7.69 Å². The Bertz CT molecular complexity index is 1520. The predicted octanol–water partition coefficient (Wildman–Crippen LogP) is 6.06. The van der Waals surface area contributed by atoms with Crippen molar-refractivity contribution in [1.82, 2.24) is 4.57 Å². The summed E-state index contributed by atoms with van der Waals surface area (Å²) in [6.07, 6.45) is 0. The average Bonchev–Trinajstić information content (AvgIpc) is 3.30. The molecule has 0 saturated carbocycles. The molecule has 2 aromatic heterocycles. The van der Waals surface area contributed by atoms with Crippen molar-refractivity contribution in [2.45, 2.75) is 0 Å². The van der Waals surface area contributed by atoms with Gasteiger partial charge in [-0.05, 0) is 42.5 Å². The fourth-order valence-corrected chi connectivity index (χ4v) is 5.51. The summed E-state index contributed by atoms with van der Waals surface area (Å²) < 4.78 is 10.1. The fraction of sp³-hybridized carbons (Fsp3) is 0. The zero-order chi connectivity index (χ0) is 19.4. The van der Waals surface area contributed by atoms with Crippen molar-refractivity contribution in [3.63, 3.8) is 0 Å². The second kappa shape index (κ2) is 6.37. The van der Waals surface area contributed by atoms with Crippen molar-refractivity contribution in [3.05, 3.63) is 84.9 Å². The van der Waals surface area contributed by atoms with Gasteiger partial charge in [0, 0.05) is 36.6 Å². The van der Waals surface area contributed by atoms with Gasteiger partial charge in [0.05, 0.1) is 11.0 Å². The van der Waals surface area contributed by atoms with E-state index in [0.29, 0.717) is 5.75 Å². The third-order valence-electron chi connectivity index (χ3n) is 5.45. The van der Waals surface area contributed by atoms with E-state index >= 15 is 0 Å².